The van der Waals surface area contributed by atoms with E-state index in [0.29, 0.717) is 36.5 Å². The Morgan fingerprint density at radius 2 is 0.514 bits per heavy atom. The molecule has 4 nitrogen and oxygen atoms in total. The molecule has 0 unspecified atom stereocenters. The smallest absolute Gasteiger partial charge is 0.140 e. The normalized spacial score (nSPS) is 11.6. The molecule has 3 aromatic carbocycles. The second kappa shape index (κ2) is 45.2. The van der Waals surface area contributed by atoms with Gasteiger partial charge in [0, 0.05) is 10.8 Å². The summed E-state index contributed by atoms with van der Waals surface area (Å²) in [4.78, 5) is 0. The maximum atomic E-state index is 7.31. The highest BCUT2D eigenvalue weighted by atomic mass is 35.5. The zero-order chi connectivity index (χ0) is 51.4. The first-order chi connectivity index (χ1) is 35.6. The molecule has 72 heavy (non-hydrogen) atoms. The minimum Gasteiger partial charge on any atom is -0.493 e. The Morgan fingerprint density at radius 1 is 0.264 bits per heavy atom. The van der Waals surface area contributed by atoms with Gasteiger partial charge in [-0.2, -0.15) is 0 Å². The molecule has 0 aliphatic rings. The monoisotopic (exact) mass is 1040 g/mol. The Bertz CT molecular complexity index is 1730. The molecule has 0 bridgehead atoms. The average Bonchev–Trinajstić information content (AvgIpc) is 3.39. The molecule has 414 valence electrons. The molecule has 0 saturated carbocycles. The highest BCUT2D eigenvalue weighted by molar-refractivity contribution is 6.46. The van der Waals surface area contributed by atoms with E-state index < -0.39 is 0 Å². The predicted octanol–water partition coefficient (Wildman–Crippen LogP) is 24.1. The van der Waals surface area contributed by atoms with Crippen molar-refractivity contribution in [2.75, 3.05) is 26.4 Å². The number of unbranched alkanes of at least 4 members (excludes halogenated alkanes) is 40. The summed E-state index contributed by atoms with van der Waals surface area (Å²) < 4.78 is 27.7. The molecule has 0 saturated heterocycles. The molecule has 0 atom stereocenters. The molecule has 0 N–H and O–H groups in total. The van der Waals surface area contributed by atoms with Gasteiger partial charge in [0.1, 0.15) is 23.0 Å². The fourth-order valence-electron chi connectivity index (χ4n) is 10.5. The van der Waals surface area contributed by atoms with E-state index in [4.69, 9.17) is 42.1 Å². The van der Waals surface area contributed by atoms with Crippen LogP contribution in [0, 0.1) is 0 Å². The van der Waals surface area contributed by atoms with Gasteiger partial charge >= 0.3 is 0 Å². The minimum atomic E-state index is 0.508. The maximum Gasteiger partial charge on any atom is 0.140 e. The first kappa shape index (κ1) is 64.2. The Hall–Kier alpha value is -2.04. The van der Waals surface area contributed by atoms with Gasteiger partial charge in [0.05, 0.1) is 47.2 Å². The van der Waals surface area contributed by atoms with Crippen LogP contribution in [0.3, 0.4) is 0 Å². The Morgan fingerprint density at radius 3 is 0.819 bits per heavy atom. The fraction of sp³-hybridized carbons (Fsp3) is 0.788. The molecular formula is C66H112Cl2O4. The third-order valence-electron chi connectivity index (χ3n) is 15.1. The van der Waals surface area contributed by atoms with Gasteiger partial charge in [-0.15, -0.1) is 0 Å². The zero-order valence-electron chi connectivity index (χ0n) is 47.6. The lowest BCUT2D eigenvalue weighted by molar-refractivity contribution is 0.290. The van der Waals surface area contributed by atoms with Crippen LogP contribution in [0.2, 0.25) is 10.0 Å². The van der Waals surface area contributed by atoms with Crippen LogP contribution in [-0.2, 0) is 0 Å². The largest absolute Gasteiger partial charge is 0.493 e. The first-order valence-electron chi connectivity index (χ1n) is 31.5. The second-order valence-corrected chi connectivity index (χ2v) is 22.6. The van der Waals surface area contributed by atoms with E-state index in [9.17, 15) is 0 Å². The number of rotatable bonds is 52. The van der Waals surface area contributed by atoms with Gasteiger partial charge in [-0.1, -0.05) is 308 Å². The van der Waals surface area contributed by atoms with Crippen molar-refractivity contribution in [2.45, 2.75) is 310 Å². The van der Waals surface area contributed by atoms with Gasteiger partial charge < -0.3 is 18.9 Å². The van der Waals surface area contributed by atoms with Crippen LogP contribution in [0.4, 0.5) is 0 Å². The first-order valence-corrected chi connectivity index (χ1v) is 32.3. The van der Waals surface area contributed by atoms with Crippen molar-refractivity contribution in [3.63, 3.8) is 0 Å². The van der Waals surface area contributed by atoms with Crippen LogP contribution in [0.5, 0.6) is 23.0 Å². The van der Waals surface area contributed by atoms with E-state index in [0.717, 1.165) is 83.1 Å². The van der Waals surface area contributed by atoms with Crippen molar-refractivity contribution in [3.05, 3.63) is 34.3 Å². The molecule has 0 spiro atoms. The van der Waals surface area contributed by atoms with Gasteiger partial charge in [-0.05, 0) is 49.9 Å². The molecular weight excluding hydrogens is 928 g/mol. The van der Waals surface area contributed by atoms with E-state index in [-0.39, 0.29) is 0 Å². The summed E-state index contributed by atoms with van der Waals surface area (Å²) in [7, 11) is 0. The van der Waals surface area contributed by atoms with Crippen molar-refractivity contribution in [3.8, 4) is 23.0 Å². The van der Waals surface area contributed by atoms with Gasteiger partial charge in [0.2, 0.25) is 0 Å². The lowest BCUT2D eigenvalue weighted by Crippen LogP contribution is -2.06. The van der Waals surface area contributed by atoms with Gasteiger partial charge in [0.25, 0.3) is 0 Å². The van der Waals surface area contributed by atoms with E-state index in [1.807, 2.05) is 6.07 Å². The molecule has 3 aromatic rings. The maximum absolute atomic E-state index is 7.31. The van der Waals surface area contributed by atoms with Gasteiger partial charge in [-0.3, -0.25) is 0 Å². The van der Waals surface area contributed by atoms with E-state index >= 15 is 0 Å². The highest BCUT2D eigenvalue weighted by Crippen LogP contribution is 2.53. The van der Waals surface area contributed by atoms with Crippen LogP contribution in [0.1, 0.15) is 310 Å². The predicted molar refractivity (Wildman–Crippen MR) is 319 cm³/mol. The molecule has 3 rings (SSSR count). The van der Waals surface area contributed by atoms with Gasteiger partial charge in [0.15, 0.2) is 0 Å². The van der Waals surface area contributed by atoms with Crippen molar-refractivity contribution in [2.24, 2.45) is 0 Å². The van der Waals surface area contributed by atoms with Crippen molar-refractivity contribution in [1.29, 1.82) is 0 Å². The summed E-state index contributed by atoms with van der Waals surface area (Å²) in [6.45, 7) is 11.7. The zero-order valence-corrected chi connectivity index (χ0v) is 49.2. The Kier molecular flexibility index (Phi) is 40.3. The highest BCUT2D eigenvalue weighted by Gasteiger charge is 2.26. The second-order valence-electron chi connectivity index (χ2n) is 21.8. The summed E-state index contributed by atoms with van der Waals surface area (Å²) in [5.41, 5.74) is 0. The third kappa shape index (κ3) is 28.2. The number of hydrogen-bond donors (Lipinski definition) is 0. The molecule has 0 aliphatic heterocycles. The molecule has 0 aromatic heterocycles. The Labute approximate surface area is 455 Å². The summed E-state index contributed by atoms with van der Waals surface area (Å²) >= 11 is 14.2. The molecule has 0 aliphatic carbocycles. The van der Waals surface area contributed by atoms with E-state index in [1.165, 1.54) is 244 Å². The fourth-order valence-corrected chi connectivity index (χ4v) is 11.0. The van der Waals surface area contributed by atoms with Crippen LogP contribution in [-0.4, -0.2) is 26.4 Å². The topological polar surface area (TPSA) is 36.9 Å². The van der Waals surface area contributed by atoms with Crippen LogP contribution >= 0.6 is 23.2 Å². The third-order valence-corrected chi connectivity index (χ3v) is 16.0. The molecule has 0 heterocycles. The summed E-state index contributed by atoms with van der Waals surface area (Å²) in [6, 6.07) is 8.24. The Balaban J connectivity index is 1.84. The number of ether oxygens (including phenoxy) is 4. The number of halogens is 2. The summed E-state index contributed by atoms with van der Waals surface area (Å²) in [5, 5.41) is 4.62. The molecule has 0 radical (unpaired) electrons. The summed E-state index contributed by atoms with van der Waals surface area (Å²) in [5.74, 6) is 3.20. The molecule has 0 amide bonds. The molecule has 0 fully saturated rings. The van der Waals surface area contributed by atoms with Crippen molar-refractivity contribution >= 4 is 44.7 Å². The SMILES string of the molecule is CCCCCCCCCCCCCOc1ccc(OCCCCCCCCCCCCC)c2c(OCCCCCCCCCCCCC)c3c(Cl)c(Cl)ccc3c(OCCCCCCCCCCCCC)c12. The standard InChI is InChI=1S/C66H112Cl2O4/c1-5-9-13-17-21-25-29-33-37-41-45-53-69-59-51-52-60(70-54-46-42-38-34-30-26-22-18-14-10-6-2)63-62(59)65(71-55-47-43-39-35-31-27-23-19-15-11-7-3)57-49-50-58(67)64(68)61(57)66(63)72-56-48-44-40-36-32-28-24-20-16-12-8-4/h49-52H,5-48,53-56H2,1-4H3. The lowest BCUT2D eigenvalue weighted by atomic mass is 9.98. The number of benzene rings is 3. The summed E-state index contributed by atoms with van der Waals surface area (Å²) in [6.07, 6.45) is 57.1. The molecule has 6 heteroatoms. The van der Waals surface area contributed by atoms with Crippen LogP contribution in [0.15, 0.2) is 24.3 Å². The van der Waals surface area contributed by atoms with E-state index in [2.05, 4.69) is 45.9 Å². The van der Waals surface area contributed by atoms with Crippen LogP contribution in [0.25, 0.3) is 21.5 Å². The van der Waals surface area contributed by atoms with E-state index in [1.54, 1.807) is 0 Å². The minimum absolute atomic E-state index is 0.508. The van der Waals surface area contributed by atoms with Crippen LogP contribution < -0.4 is 18.9 Å². The van der Waals surface area contributed by atoms with Gasteiger partial charge in [-0.25, -0.2) is 0 Å². The number of fused-ring (bicyclic) bond motifs is 2. The quantitative estimate of drug-likeness (QED) is 0.0417. The average molecular weight is 1040 g/mol. The number of hydrogen-bond acceptors (Lipinski definition) is 4. The van der Waals surface area contributed by atoms with Crippen molar-refractivity contribution in [1.82, 2.24) is 0 Å². The van der Waals surface area contributed by atoms with Crippen molar-refractivity contribution < 1.29 is 18.9 Å². The lowest BCUT2D eigenvalue weighted by Gasteiger charge is -2.23.